The lowest BCUT2D eigenvalue weighted by Gasteiger charge is -2.04. The van der Waals surface area contributed by atoms with Crippen LogP contribution in [-0.2, 0) is 10.7 Å². The molecule has 0 bridgehead atoms. The van der Waals surface area contributed by atoms with Gasteiger partial charge in [0.05, 0.1) is 16.5 Å². The van der Waals surface area contributed by atoms with E-state index in [9.17, 15) is 0 Å². The standard InChI is InChI=1S/C10H8Br2N2/c11-5-9-7-3-1-2-4-8(7)13-10(6-12)14-9/h1-4H,5-6H2. The summed E-state index contributed by atoms with van der Waals surface area (Å²) < 4.78 is 0. The van der Waals surface area contributed by atoms with Crippen molar-refractivity contribution in [2.75, 3.05) is 0 Å². The van der Waals surface area contributed by atoms with Crippen molar-refractivity contribution in [3.05, 3.63) is 35.8 Å². The van der Waals surface area contributed by atoms with Gasteiger partial charge in [-0.1, -0.05) is 50.1 Å². The topological polar surface area (TPSA) is 25.8 Å². The van der Waals surface area contributed by atoms with Crippen LogP contribution >= 0.6 is 31.9 Å². The molecule has 0 amide bonds. The van der Waals surface area contributed by atoms with E-state index in [4.69, 9.17) is 0 Å². The van der Waals surface area contributed by atoms with Gasteiger partial charge in [0.15, 0.2) is 0 Å². The Morgan fingerprint density at radius 1 is 1.00 bits per heavy atom. The number of fused-ring (bicyclic) bond motifs is 1. The highest BCUT2D eigenvalue weighted by atomic mass is 79.9. The number of nitrogens with zero attached hydrogens (tertiary/aromatic N) is 2. The third kappa shape index (κ3) is 1.81. The van der Waals surface area contributed by atoms with Crippen LogP contribution in [0.3, 0.4) is 0 Å². The lowest BCUT2D eigenvalue weighted by atomic mass is 10.2. The molecule has 4 heteroatoms. The molecule has 0 aliphatic heterocycles. The highest BCUT2D eigenvalue weighted by molar-refractivity contribution is 9.08. The van der Waals surface area contributed by atoms with Gasteiger partial charge in [-0.05, 0) is 6.07 Å². The number of para-hydroxylation sites is 1. The predicted molar refractivity (Wildman–Crippen MR) is 64.8 cm³/mol. The minimum absolute atomic E-state index is 0.692. The summed E-state index contributed by atoms with van der Waals surface area (Å²) in [6.45, 7) is 0. The van der Waals surface area contributed by atoms with Crippen molar-refractivity contribution in [2.24, 2.45) is 0 Å². The summed E-state index contributed by atoms with van der Waals surface area (Å²) in [5.41, 5.74) is 2.05. The number of hydrogen-bond donors (Lipinski definition) is 0. The third-order valence-corrected chi connectivity index (χ3v) is 3.01. The molecule has 0 saturated heterocycles. The van der Waals surface area contributed by atoms with Crippen LogP contribution in [0.5, 0.6) is 0 Å². The molecule has 0 aliphatic rings. The Bertz CT molecular complexity index is 457. The van der Waals surface area contributed by atoms with Gasteiger partial charge in [0.25, 0.3) is 0 Å². The van der Waals surface area contributed by atoms with E-state index in [0.717, 1.165) is 27.8 Å². The normalized spacial score (nSPS) is 10.7. The monoisotopic (exact) mass is 314 g/mol. The van der Waals surface area contributed by atoms with Gasteiger partial charge < -0.3 is 0 Å². The summed E-state index contributed by atoms with van der Waals surface area (Å²) in [6.07, 6.45) is 0. The van der Waals surface area contributed by atoms with Crippen molar-refractivity contribution < 1.29 is 0 Å². The Labute approximate surface area is 99.0 Å². The molecule has 2 aromatic rings. The molecule has 0 spiro atoms. The molecule has 1 aromatic carbocycles. The van der Waals surface area contributed by atoms with Gasteiger partial charge in [0.1, 0.15) is 5.82 Å². The molecule has 0 fully saturated rings. The second kappa shape index (κ2) is 4.36. The van der Waals surface area contributed by atoms with E-state index in [1.165, 1.54) is 0 Å². The average molecular weight is 316 g/mol. The number of alkyl halides is 2. The summed E-state index contributed by atoms with van der Waals surface area (Å²) in [5, 5.41) is 2.57. The molecule has 2 nitrogen and oxygen atoms in total. The zero-order chi connectivity index (χ0) is 9.97. The van der Waals surface area contributed by atoms with E-state index in [-0.39, 0.29) is 0 Å². The number of aromatic nitrogens is 2. The first kappa shape index (κ1) is 10.1. The van der Waals surface area contributed by atoms with E-state index in [0.29, 0.717) is 5.33 Å². The maximum atomic E-state index is 4.43. The van der Waals surface area contributed by atoms with Gasteiger partial charge in [-0.25, -0.2) is 9.97 Å². The zero-order valence-electron chi connectivity index (χ0n) is 7.37. The van der Waals surface area contributed by atoms with Gasteiger partial charge in [0.2, 0.25) is 0 Å². The third-order valence-electron chi connectivity index (χ3n) is 1.97. The van der Waals surface area contributed by atoms with E-state index in [1.54, 1.807) is 0 Å². The number of benzene rings is 1. The van der Waals surface area contributed by atoms with Crippen molar-refractivity contribution in [1.82, 2.24) is 9.97 Å². The first-order valence-corrected chi connectivity index (χ1v) is 6.46. The maximum absolute atomic E-state index is 4.43. The molecule has 72 valence electrons. The summed E-state index contributed by atoms with van der Waals surface area (Å²) >= 11 is 6.80. The number of rotatable bonds is 2. The van der Waals surface area contributed by atoms with Crippen LogP contribution in [0.4, 0.5) is 0 Å². The van der Waals surface area contributed by atoms with Gasteiger partial charge in [0, 0.05) is 10.7 Å². The largest absolute Gasteiger partial charge is 0.235 e. The van der Waals surface area contributed by atoms with Crippen LogP contribution in [0.1, 0.15) is 11.5 Å². The Kier molecular flexibility index (Phi) is 3.13. The van der Waals surface area contributed by atoms with Crippen molar-refractivity contribution in [2.45, 2.75) is 10.7 Å². The van der Waals surface area contributed by atoms with E-state index >= 15 is 0 Å². The second-order valence-corrected chi connectivity index (χ2v) is 3.99. The minimum Gasteiger partial charge on any atom is -0.235 e. The smallest absolute Gasteiger partial charge is 0.139 e. The summed E-state index contributed by atoms with van der Waals surface area (Å²) in [4.78, 5) is 8.86. The fourth-order valence-electron chi connectivity index (χ4n) is 1.36. The van der Waals surface area contributed by atoms with Crippen molar-refractivity contribution in [3.63, 3.8) is 0 Å². The number of hydrogen-bond acceptors (Lipinski definition) is 2. The Morgan fingerprint density at radius 3 is 2.50 bits per heavy atom. The molecule has 0 radical (unpaired) electrons. The molecule has 14 heavy (non-hydrogen) atoms. The van der Waals surface area contributed by atoms with Gasteiger partial charge in [-0.2, -0.15) is 0 Å². The van der Waals surface area contributed by atoms with E-state index in [2.05, 4.69) is 41.8 Å². The second-order valence-electron chi connectivity index (χ2n) is 2.87. The van der Waals surface area contributed by atoms with E-state index < -0.39 is 0 Å². The molecule has 1 heterocycles. The van der Waals surface area contributed by atoms with Gasteiger partial charge >= 0.3 is 0 Å². The SMILES string of the molecule is BrCc1nc(CBr)c2ccccc2n1. The van der Waals surface area contributed by atoms with Crippen molar-refractivity contribution in [1.29, 1.82) is 0 Å². The molecule has 0 atom stereocenters. The van der Waals surface area contributed by atoms with Crippen LogP contribution in [0.15, 0.2) is 24.3 Å². The molecule has 0 saturated carbocycles. The van der Waals surface area contributed by atoms with Gasteiger partial charge in [-0.15, -0.1) is 0 Å². The van der Waals surface area contributed by atoms with Crippen molar-refractivity contribution >= 4 is 42.8 Å². The van der Waals surface area contributed by atoms with Crippen molar-refractivity contribution in [3.8, 4) is 0 Å². The number of halogens is 2. The Balaban J connectivity index is 2.73. The molecule has 1 aromatic heterocycles. The molecule has 2 rings (SSSR count). The van der Waals surface area contributed by atoms with Crippen LogP contribution < -0.4 is 0 Å². The Hall–Kier alpha value is -0.480. The maximum Gasteiger partial charge on any atom is 0.139 e. The highest BCUT2D eigenvalue weighted by Gasteiger charge is 2.04. The summed E-state index contributed by atoms with van der Waals surface area (Å²) in [7, 11) is 0. The quantitative estimate of drug-likeness (QED) is 0.794. The Morgan fingerprint density at radius 2 is 1.79 bits per heavy atom. The summed E-state index contributed by atoms with van der Waals surface area (Å²) in [5.74, 6) is 0.832. The molecular weight excluding hydrogens is 308 g/mol. The lowest BCUT2D eigenvalue weighted by Crippen LogP contribution is -1.97. The zero-order valence-corrected chi connectivity index (χ0v) is 10.5. The van der Waals surface area contributed by atoms with E-state index in [1.807, 2.05) is 24.3 Å². The lowest BCUT2D eigenvalue weighted by molar-refractivity contribution is 1.03. The van der Waals surface area contributed by atoms with Crippen LogP contribution in [0.2, 0.25) is 0 Å². The average Bonchev–Trinajstić information content (AvgIpc) is 2.27. The first-order chi connectivity index (χ1) is 6.85. The van der Waals surface area contributed by atoms with Gasteiger partial charge in [-0.3, -0.25) is 0 Å². The minimum atomic E-state index is 0.692. The summed E-state index contributed by atoms with van der Waals surface area (Å²) in [6, 6.07) is 8.05. The molecule has 0 N–H and O–H groups in total. The van der Waals surface area contributed by atoms with Crippen LogP contribution in [0.25, 0.3) is 10.9 Å². The fourth-order valence-corrected chi connectivity index (χ4v) is 2.04. The fraction of sp³-hybridized carbons (Fsp3) is 0.200. The predicted octanol–water partition coefficient (Wildman–Crippen LogP) is 3.42. The van der Waals surface area contributed by atoms with Crippen LogP contribution in [0, 0.1) is 0 Å². The van der Waals surface area contributed by atoms with Crippen LogP contribution in [-0.4, -0.2) is 9.97 Å². The molecule has 0 unspecified atom stereocenters. The molecular formula is C10H8Br2N2. The highest BCUT2D eigenvalue weighted by Crippen LogP contribution is 2.18. The molecule has 0 aliphatic carbocycles. The first-order valence-electron chi connectivity index (χ1n) is 4.21.